The van der Waals surface area contributed by atoms with Crippen molar-refractivity contribution < 1.29 is 9.18 Å². The van der Waals surface area contributed by atoms with Crippen LogP contribution in [-0.2, 0) is 11.2 Å². The van der Waals surface area contributed by atoms with Gasteiger partial charge in [0.2, 0.25) is 5.91 Å². The minimum atomic E-state index is -0.352. The lowest BCUT2D eigenvalue weighted by molar-refractivity contribution is -0.115. The molecule has 0 bridgehead atoms. The number of nitrogens with zero attached hydrogens (tertiary/aromatic N) is 5. The fourth-order valence-electron chi connectivity index (χ4n) is 2.98. The molecule has 0 fully saturated rings. The van der Waals surface area contributed by atoms with E-state index in [1.807, 2.05) is 26.0 Å². The van der Waals surface area contributed by atoms with Crippen molar-refractivity contribution in [3.05, 3.63) is 71.6 Å². The highest BCUT2D eigenvalue weighted by Crippen LogP contribution is 2.19. The van der Waals surface area contributed by atoms with Crippen LogP contribution in [0.2, 0.25) is 0 Å². The number of hydrogen-bond donors (Lipinski definition) is 1. The number of anilines is 1. The molecular weight excluding hydrogens is 359 g/mol. The highest BCUT2D eigenvalue weighted by molar-refractivity contribution is 5.92. The molecule has 4 rings (SSSR count). The number of nitrogens with one attached hydrogen (secondary N) is 1. The van der Waals surface area contributed by atoms with Gasteiger partial charge in [-0.15, -0.1) is 5.10 Å². The zero-order valence-electron chi connectivity index (χ0n) is 15.3. The van der Waals surface area contributed by atoms with Gasteiger partial charge in [-0.3, -0.25) is 9.78 Å². The van der Waals surface area contributed by atoms with Gasteiger partial charge < -0.3 is 5.32 Å². The summed E-state index contributed by atoms with van der Waals surface area (Å²) in [5.41, 5.74) is 3.61. The summed E-state index contributed by atoms with van der Waals surface area (Å²) in [4.78, 5) is 25.5. The van der Waals surface area contributed by atoms with E-state index in [-0.39, 0.29) is 18.1 Å². The van der Waals surface area contributed by atoms with E-state index in [2.05, 4.69) is 25.4 Å². The van der Waals surface area contributed by atoms with Gasteiger partial charge in [-0.1, -0.05) is 0 Å². The van der Waals surface area contributed by atoms with E-state index >= 15 is 0 Å². The number of benzene rings is 1. The number of pyridine rings is 1. The molecule has 0 aliphatic rings. The molecule has 1 N–H and O–H groups in total. The van der Waals surface area contributed by atoms with Crippen molar-refractivity contribution in [1.29, 1.82) is 0 Å². The van der Waals surface area contributed by atoms with E-state index in [1.165, 1.54) is 24.3 Å². The third-order valence-corrected chi connectivity index (χ3v) is 4.43. The molecular formula is C20H17FN6O. The molecule has 3 heterocycles. The average Bonchev–Trinajstić information content (AvgIpc) is 3.12. The van der Waals surface area contributed by atoms with E-state index in [1.54, 1.807) is 16.9 Å². The van der Waals surface area contributed by atoms with Crippen molar-refractivity contribution >= 4 is 17.4 Å². The maximum absolute atomic E-state index is 13.0. The summed E-state index contributed by atoms with van der Waals surface area (Å²) in [7, 11) is 0. The van der Waals surface area contributed by atoms with Crippen LogP contribution in [0.4, 0.5) is 10.1 Å². The molecule has 8 heteroatoms. The van der Waals surface area contributed by atoms with Gasteiger partial charge in [0.05, 0.1) is 6.42 Å². The fraction of sp³-hybridized carbons (Fsp3) is 0.150. The second-order valence-corrected chi connectivity index (χ2v) is 6.38. The minimum absolute atomic E-state index is 0.125. The summed E-state index contributed by atoms with van der Waals surface area (Å²) in [5, 5.41) is 7.28. The third kappa shape index (κ3) is 3.44. The highest BCUT2D eigenvalue weighted by Gasteiger charge is 2.17. The molecule has 4 aromatic rings. The minimum Gasteiger partial charge on any atom is -0.326 e. The Morgan fingerprint density at radius 1 is 1.14 bits per heavy atom. The van der Waals surface area contributed by atoms with Crippen LogP contribution in [0, 0.1) is 19.7 Å². The monoisotopic (exact) mass is 376 g/mol. The number of aryl methyl sites for hydroxylation is 2. The quantitative estimate of drug-likeness (QED) is 0.591. The predicted molar refractivity (Wildman–Crippen MR) is 102 cm³/mol. The normalized spacial score (nSPS) is 11.0. The molecule has 0 saturated heterocycles. The second-order valence-electron chi connectivity index (χ2n) is 6.38. The molecule has 0 aliphatic carbocycles. The molecule has 0 aliphatic heterocycles. The Morgan fingerprint density at radius 3 is 2.64 bits per heavy atom. The van der Waals surface area contributed by atoms with Gasteiger partial charge in [0.1, 0.15) is 5.82 Å². The van der Waals surface area contributed by atoms with Crippen LogP contribution in [0.25, 0.3) is 17.2 Å². The smallest absolute Gasteiger partial charge is 0.253 e. The molecule has 0 radical (unpaired) electrons. The van der Waals surface area contributed by atoms with Crippen LogP contribution in [0.15, 0.2) is 48.8 Å². The second kappa shape index (κ2) is 7.15. The fourth-order valence-corrected chi connectivity index (χ4v) is 2.98. The molecule has 3 aromatic heterocycles. The Labute approximate surface area is 160 Å². The Hall–Kier alpha value is -3.68. The maximum atomic E-state index is 13.0. The Bertz CT molecular complexity index is 1160. The van der Waals surface area contributed by atoms with E-state index in [0.717, 1.165) is 16.8 Å². The van der Waals surface area contributed by atoms with Gasteiger partial charge in [0, 0.05) is 40.6 Å². The van der Waals surface area contributed by atoms with Crippen LogP contribution in [0.3, 0.4) is 0 Å². The molecule has 1 aromatic carbocycles. The molecule has 0 atom stereocenters. The van der Waals surface area contributed by atoms with E-state index in [9.17, 15) is 9.18 Å². The van der Waals surface area contributed by atoms with Gasteiger partial charge in [0.15, 0.2) is 5.82 Å². The van der Waals surface area contributed by atoms with Crippen molar-refractivity contribution in [2.24, 2.45) is 0 Å². The number of aromatic nitrogens is 5. The Balaban J connectivity index is 1.63. The summed E-state index contributed by atoms with van der Waals surface area (Å²) >= 11 is 0. The Morgan fingerprint density at radius 2 is 1.93 bits per heavy atom. The van der Waals surface area contributed by atoms with Crippen molar-refractivity contribution in [1.82, 2.24) is 24.6 Å². The predicted octanol–water partition coefficient (Wildman–Crippen LogP) is 3.12. The first kappa shape index (κ1) is 17.7. The first-order valence-electron chi connectivity index (χ1n) is 8.70. The first-order chi connectivity index (χ1) is 13.5. The number of halogens is 1. The summed E-state index contributed by atoms with van der Waals surface area (Å²) in [6, 6.07) is 9.33. The molecule has 1 amide bonds. The number of hydrogen-bond acceptors (Lipinski definition) is 5. The molecule has 140 valence electrons. The van der Waals surface area contributed by atoms with Crippen molar-refractivity contribution in [3.8, 4) is 11.4 Å². The average molecular weight is 376 g/mol. The number of fused-ring (bicyclic) bond motifs is 1. The van der Waals surface area contributed by atoms with Crippen molar-refractivity contribution in [2.75, 3.05) is 5.32 Å². The summed E-state index contributed by atoms with van der Waals surface area (Å²) < 4.78 is 14.6. The third-order valence-electron chi connectivity index (χ3n) is 4.43. The number of rotatable bonds is 4. The largest absolute Gasteiger partial charge is 0.326 e. The molecule has 0 spiro atoms. The first-order valence-corrected chi connectivity index (χ1v) is 8.70. The van der Waals surface area contributed by atoms with Gasteiger partial charge >= 0.3 is 0 Å². The van der Waals surface area contributed by atoms with E-state index in [4.69, 9.17) is 0 Å². The lowest BCUT2D eigenvalue weighted by Crippen LogP contribution is -2.17. The topological polar surface area (TPSA) is 85.1 Å². The lowest BCUT2D eigenvalue weighted by atomic mass is 10.1. The molecule has 28 heavy (non-hydrogen) atoms. The van der Waals surface area contributed by atoms with Gasteiger partial charge in [0.25, 0.3) is 5.78 Å². The van der Waals surface area contributed by atoms with Crippen LogP contribution in [0.5, 0.6) is 0 Å². The number of carbonyl (C=O) groups excluding carboxylic acids is 1. The molecule has 0 saturated carbocycles. The molecule has 7 nitrogen and oxygen atoms in total. The summed E-state index contributed by atoms with van der Waals surface area (Å²) in [6.07, 6.45) is 3.50. The lowest BCUT2D eigenvalue weighted by Gasteiger charge is -2.10. The van der Waals surface area contributed by atoms with Crippen molar-refractivity contribution in [2.45, 2.75) is 20.3 Å². The number of amides is 1. The zero-order valence-corrected chi connectivity index (χ0v) is 15.3. The Kier molecular flexibility index (Phi) is 4.52. The standard InChI is InChI=1S/C20H17FN6O/c1-12-17(10-18(28)24-16-7-5-15(21)6-8-16)13(2)27-20(23-12)25-19(26-27)14-4-3-9-22-11-14/h3-9,11H,10H2,1-2H3,(H,24,28). The molecule has 0 unspecified atom stereocenters. The van der Waals surface area contributed by atoms with Crippen LogP contribution < -0.4 is 5.32 Å². The van der Waals surface area contributed by atoms with Crippen LogP contribution >= 0.6 is 0 Å². The summed E-state index contributed by atoms with van der Waals surface area (Å²) in [6.45, 7) is 3.72. The van der Waals surface area contributed by atoms with Crippen LogP contribution in [0.1, 0.15) is 17.0 Å². The van der Waals surface area contributed by atoms with E-state index < -0.39 is 0 Å². The van der Waals surface area contributed by atoms with Crippen LogP contribution in [-0.4, -0.2) is 30.5 Å². The zero-order chi connectivity index (χ0) is 19.7. The highest BCUT2D eigenvalue weighted by atomic mass is 19.1. The number of carbonyl (C=O) groups is 1. The van der Waals surface area contributed by atoms with Gasteiger partial charge in [-0.05, 0) is 50.2 Å². The summed E-state index contributed by atoms with van der Waals surface area (Å²) in [5.74, 6) is 0.425. The SMILES string of the molecule is Cc1nc2nc(-c3cccnc3)nn2c(C)c1CC(=O)Nc1ccc(F)cc1. The van der Waals surface area contributed by atoms with E-state index in [0.29, 0.717) is 23.0 Å². The van der Waals surface area contributed by atoms with Gasteiger partial charge in [-0.2, -0.15) is 4.98 Å². The van der Waals surface area contributed by atoms with Gasteiger partial charge in [-0.25, -0.2) is 13.9 Å². The van der Waals surface area contributed by atoms with Crippen molar-refractivity contribution in [3.63, 3.8) is 0 Å². The maximum Gasteiger partial charge on any atom is 0.253 e.